The van der Waals surface area contributed by atoms with Crippen LogP contribution in [0.4, 0.5) is 5.69 Å². The lowest BCUT2D eigenvalue weighted by Crippen LogP contribution is -2.40. The van der Waals surface area contributed by atoms with Crippen LogP contribution < -0.4 is 5.32 Å². The third kappa shape index (κ3) is 3.67. The molecular weight excluding hydrogens is 288 g/mol. The fourth-order valence-electron chi connectivity index (χ4n) is 1.42. The molecule has 0 aromatic heterocycles. The van der Waals surface area contributed by atoms with Crippen molar-refractivity contribution in [3.63, 3.8) is 0 Å². The van der Waals surface area contributed by atoms with Gasteiger partial charge in [-0.25, -0.2) is 0 Å². The van der Waals surface area contributed by atoms with Crippen LogP contribution >= 0.6 is 11.6 Å². The average molecular weight is 301 g/mol. The van der Waals surface area contributed by atoms with Gasteiger partial charge in [0.15, 0.2) is 0 Å². The predicted molar refractivity (Wildman–Crippen MR) is 71.8 cm³/mol. The minimum Gasteiger partial charge on any atom is -0.481 e. The Hall–Kier alpha value is -2.15. The van der Waals surface area contributed by atoms with E-state index in [9.17, 15) is 19.7 Å². The highest BCUT2D eigenvalue weighted by Crippen LogP contribution is 2.22. The van der Waals surface area contributed by atoms with E-state index in [0.29, 0.717) is 0 Å². The Labute approximate surface area is 119 Å². The molecule has 0 radical (unpaired) electrons. The Bertz CT molecular complexity index is 561. The van der Waals surface area contributed by atoms with Gasteiger partial charge < -0.3 is 10.4 Å². The summed E-state index contributed by atoms with van der Waals surface area (Å²) in [6.07, 6.45) is 0. The maximum absolute atomic E-state index is 12.0. The molecule has 0 aliphatic heterocycles. The van der Waals surface area contributed by atoms with Crippen LogP contribution in [0.3, 0.4) is 0 Å². The lowest BCUT2D eigenvalue weighted by molar-refractivity contribution is -0.384. The van der Waals surface area contributed by atoms with Gasteiger partial charge >= 0.3 is 5.97 Å². The van der Waals surface area contributed by atoms with Gasteiger partial charge in [0.05, 0.1) is 21.4 Å². The standard InChI is InChI=1S/C12H13ClN2O5/c1-6(12(17)18)7(2)14-11(16)9-5-8(15(19)20)3-4-10(9)13/h3-7H,1-2H3,(H,14,16)(H,17,18). The Kier molecular flexibility index (Phi) is 5.04. The van der Waals surface area contributed by atoms with Crippen molar-refractivity contribution in [1.29, 1.82) is 0 Å². The Balaban J connectivity index is 2.95. The quantitative estimate of drug-likeness (QED) is 0.639. The van der Waals surface area contributed by atoms with Crippen molar-refractivity contribution >= 4 is 29.2 Å². The Morgan fingerprint density at radius 1 is 1.40 bits per heavy atom. The van der Waals surface area contributed by atoms with E-state index in [2.05, 4.69) is 5.32 Å². The van der Waals surface area contributed by atoms with Crippen molar-refractivity contribution in [1.82, 2.24) is 5.32 Å². The van der Waals surface area contributed by atoms with Gasteiger partial charge in [-0.1, -0.05) is 11.6 Å². The number of non-ortho nitro benzene ring substituents is 1. The summed E-state index contributed by atoms with van der Waals surface area (Å²) in [7, 11) is 0. The van der Waals surface area contributed by atoms with Crippen molar-refractivity contribution in [2.75, 3.05) is 0 Å². The molecule has 2 atom stereocenters. The Morgan fingerprint density at radius 2 is 2.00 bits per heavy atom. The number of carboxylic acids is 1. The number of nitrogens with one attached hydrogen (secondary N) is 1. The number of carbonyl (C=O) groups excluding carboxylic acids is 1. The molecule has 2 unspecified atom stereocenters. The number of carbonyl (C=O) groups is 2. The molecule has 1 aromatic carbocycles. The van der Waals surface area contributed by atoms with E-state index in [0.717, 1.165) is 6.07 Å². The number of hydrogen-bond donors (Lipinski definition) is 2. The fraction of sp³-hybridized carbons (Fsp3) is 0.333. The number of aliphatic carboxylic acids is 1. The number of nitrogens with zero attached hydrogens (tertiary/aromatic N) is 1. The largest absolute Gasteiger partial charge is 0.481 e. The van der Waals surface area contributed by atoms with E-state index in [1.165, 1.54) is 26.0 Å². The fourth-order valence-corrected chi connectivity index (χ4v) is 1.63. The number of benzene rings is 1. The van der Waals surface area contributed by atoms with Gasteiger partial charge in [0.1, 0.15) is 0 Å². The number of hydrogen-bond acceptors (Lipinski definition) is 4. The summed E-state index contributed by atoms with van der Waals surface area (Å²) in [6, 6.07) is 2.84. The number of rotatable bonds is 5. The number of halogens is 1. The summed E-state index contributed by atoms with van der Waals surface area (Å²) >= 11 is 5.82. The third-order valence-corrected chi connectivity index (χ3v) is 3.23. The molecule has 0 saturated heterocycles. The summed E-state index contributed by atoms with van der Waals surface area (Å²) in [5, 5.41) is 22.0. The maximum Gasteiger partial charge on any atom is 0.308 e. The predicted octanol–water partition coefficient (Wildman–Crippen LogP) is 2.09. The van der Waals surface area contributed by atoms with E-state index in [1.54, 1.807) is 0 Å². The molecule has 1 aromatic rings. The van der Waals surface area contributed by atoms with Crippen LogP contribution in [-0.4, -0.2) is 27.9 Å². The van der Waals surface area contributed by atoms with Crippen molar-refractivity contribution in [3.05, 3.63) is 38.9 Å². The zero-order valence-electron chi connectivity index (χ0n) is 10.8. The van der Waals surface area contributed by atoms with E-state index in [-0.39, 0.29) is 16.3 Å². The summed E-state index contributed by atoms with van der Waals surface area (Å²) in [5.74, 6) is -2.50. The molecule has 20 heavy (non-hydrogen) atoms. The van der Waals surface area contributed by atoms with Gasteiger partial charge in [0.25, 0.3) is 11.6 Å². The number of nitro benzene ring substituents is 1. The molecule has 7 nitrogen and oxygen atoms in total. The summed E-state index contributed by atoms with van der Waals surface area (Å²) in [6.45, 7) is 2.98. The zero-order valence-corrected chi connectivity index (χ0v) is 11.5. The van der Waals surface area contributed by atoms with Crippen LogP contribution in [0.5, 0.6) is 0 Å². The van der Waals surface area contributed by atoms with Crippen LogP contribution in [0.15, 0.2) is 18.2 Å². The van der Waals surface area contributed by atoms with Crippen LogP contribution in [0.1, 0.15) is 24.2 Å². The van der Waals surface area contributed by atoms with E-state index >= 15 is 0 Å². The van der Waals surface area contributed by atoms with Crippen LogP contribution in [0.25, 0.3) is 0 Å². The summed E-state index contributed by atoms with van der Waals surface area (Å²) in [5.41, 5.74) is -0.330. The molecule has 0 aliphatic rings. The number of carboxylic acid groups (broad SMARTS) is 1. The van der Waals surface area contributed by atoms with Gasteiger partial charge in [-0.3, -0.25) is 19.7 Å². The first-order chi connectivity index (χ1) is 9.23. The number of amides is 1. The topological polar surface area (TPSA) is 110 Å². The van der Waals surface area contributed by atoms with Crippen LogP contribution in [0, 0.1) is 16.0 Å². The number of nitro groups is 1. The lowest BCUT2D eigenvalue weighted by atomic mass is 10.0. The molecule has 0 spiro atoms. The Morgan fingerprint density at radius 3 is 2.50 bits per heavy atom. The highest BCUT2D eigenvalue weighted by atomic mass is 35.5. The second-order valence-corrected chi connectivity index (χ2v) is 4.72. The monoisotopic (exact) mass is 300 g/mol. The molecule has 1 amide bonds. The smallest absolute Gasteiger partial charge is 0.308 e. The van der Waals surface area contributed by atoms with E-state index < -0.39 is 28.8 Å². The van der Waals surface area contributed by atoms with Crippen LogP contribution in [0.2, 0.25) is 5.02 Å². The third-order valence-electron chi connectivity index (χ3n) is 2.90. The van der Waals surface area contributed by atoms with Crippen molar-refractivity contribution < 1.29 is 19.6 Å². The molecule has 0 fully saturated rings. The SMILES string of the molecule is CC(NC(=O)c1cc([N+](=O)[O-])ccc1Cl)C(C)C(=O)O. The van der Waals surface area contributed by atoms with E-state index in [4.69, 9.17) is 16.7 Å². The zero-order chi connectivity index (χ0) is 15.4. The van der Waals surface area contributed by atoms with Gasteiger partial charge in [-0.15, -0.1) is 0 Å². The molecule has 0 heterocycles. The first kappa shape index (κ1) is 15.9. The van der Waals surface area contributed by atoms with Crippen molar-refractivity contribution in [2.45, 2.75) is 19.9 Å². The first-order valence-electron chi connectivity index (χ1n) is 5.71. The van der Waals surface area contributed by atoms with E-state index in [1.807, 2.05) is 0 Å². The van der Waals surface area contributed by atoms with Gasteiger partial charge in [-0.2, -0.15) is 0 Å². The molecule has 108 valence electrons. The molecule has 0 aliphatic carbocycles. The van der Waals surface area contributed by atoms with Gasteiger partial charge in [-0.05, 0) is 19.9 Å². The highest BCUT2D eigenvalue weighted by Gasteiger charge is 2.23. The summed E-state index contributed by atoms with van der Waals surface area (Å²) in [4.78, 5) is 32.8. The van der Waals surface area contributed by atoms with Crippen molar-refractivity contribution in [3.8, 4) is 0 Å². The van der Waals surface area contributed by atoms with Gasteiger partial charge in [0.2, 0.25) is 0 Å². The molecular formula is C12H13ClN2O5. The molecule has 1 rings (SSSR count). The summed E-state index contributed by atoms with van der Waals surface area (Å²) < 4.78 is 0. The molecule has 0 bridgehead atoms. The second-order valence-electron chi connectivity index (χ2n) is 4.31. The lowest BCUT2D eigenvalue weighted by Gasteiger charge is -2.18. The maximum atomic E-state index is 12.0. The minimum absolute atomic E-state index is 0.0586. The van der Waals surface area contributed by atoms with Gasteiger partial charge in [0, 0.05) is 18.2 Å². The molecule has 0 saturated carbocycles. The average Bonchev–Trinajstić information content (AvgIpc) is 2.37. The molecule has 2 N–H and O–H groups in total. The highest BCUT2D eigenvalue weighted by molar-refractivity contribution is 6.34. The van der Waals surface area contributed by atoms with Crippen molar-refractivity contribution in [2.24, 2.45) is 5.92 Å². The second kappa shape index (κ2) is 6.33. The normalized spacial score (nSPS) is 13.3. The molecule has 8 heteroatoms. The van der Waals surface area contributed by atoms with Crippen LogP contribution in [-0.2, 0) is 4.79 Å². The minimum atomic E-state index is -1.05. The first-order valence-corrected chi connectivity index (χ1v) is 6.09.